The summed E-state index contributed by atoms with van der Waals surface area (Å²) in [5, 5.41) is 3.62. The SMILES string of the molecule is COC(=O)[C@@H]1CCC[C@H](N=[N+]=[N-])C1. The topological polar surface area (TPSA) is 75.1 Å². The van der Waals surface area contributed by atoms with Crippen LogP contribution in [0.25, 0.3) is 10.4 Å². The van der Waals surface area contributed by atoms with Gasteiger partial charge in [-0.15, -0.1) is 0 Å². The molecular weight excluding hydrogens is 170 g/mol. The van der Waals surface area contributed by atoms with Gasteiger partial charge in [-0.2, -0.15) is 0 Å². The van der Waals surface area contributed by atoms with Gasteiger partial charge in [0.2, 0.25) is 0 Å². The van der Waals surface area contributed by atoms with Crippen LogP contribution in [0.3, 0.4) is 0 Å². The molecule has 0 aromatic heterocycles. The minimum absolute atomic E-state index is 0.0251. The van der Waals surface area contributed by atoms with E-state index in [-0.39, 0.29) is 17.9 Å². The van der Waals surface area contributed by atoms with Crippen LogP contribution in [0.5, 0.6) is 0 Å². The van der Waals surface area contributed by atoms with Crippen LogP contribution >= 0.6 is 0 Å². The largest absolute Gasteiger partial charge is 0.469 e. The minimum Gasteiger partial charge on any atom is -0.469 e. The van der Waals surface area contributed by atoms with Crippen LogP contribution in [0.1, 0.15) is 25.7 Å². The van der Waals surface area contributed by atoms with Crippen molar-refractivity contribution in [3.63, 3.8) is 0 Å². The molecule has 1 aliphatic rings. The molecule has 0 saturated heterocycles. The maximum absolute atomic E-state index is 11.2. The Morgan fingerprint density at radius 3 is 3.00 bits per heavy atom. The second-order valence-electron chi connectivity index (χ2n) is 3.25. The monoisotopic (exact) mass is 183 g/mol. The lowest BCUT2D eigenvalue weighted by Crippen LogP contribution is -2.25. The summed E-state index contributed by atoms with van der Waals surface area (Å²) in [5.41, 5.74) is 8.24. The first-order chi connectivity index (χ1) is 6.27. The molecule has 0 aliphatic heterocycles. The van der Waals surface area contributed by atoms with Crippen molar-refractivity contribution < 1.29 is 9.53 Å². The number of methoxy groups -OCH3 is 1. The van der Waals surface area contributed by atoms with Crippen LogP contribution in [-0.2, 0) is 9.53 Å². The van der Waals surface area contributed by atoms with E-state index >= 15 is 0 Å². The first kappa shape index (κ1) is 9.86. The van der Waals surface area contributed by atoms with Crippen molar-refractivity contribution in [1.82, 2.24) is 0 Å². The van der Waals surface area contributed by atoms with Crippen LogP contribution in [-0.4, -0.2) is 19.1 Å². The predicted molar refractivity (Wildman–Crippen MR) is 46.9 cm³/mol. The molecule has 1 fully saturated rings. The summed E-state index contributed by atoms with van der Waals surface area (Å²) in [6, 6.07) is -0.0251. The summed E-state index contributed by atoms with van der Waals surface area (Å²) in [6.45, 7) is 0. The van der Waals surface area contributed by atoms with Gasteiger partial charge in [0.25, 0.3) is 0 Å². The lowest BCUT2D eigenvalue weighted by atomic mass is 9.86. The van der Waals surface area contributed by atoms with Gasteiger partial charge in [0.1, 0.15) is 0 Å². The molecule has 0 unspecified atom stereocenters. The van der Waals surface area contributed by atoms with E-state index < -0.39 is 0 Å². The number of ether oxygens (including phenoxy) is 1. The van der Waals surface area contributed by atoms with Gasteiger partial charge in [-0.3, -0.25) is 4.79 Å². The average Bonchev–Trinajstić information content (AvgIpc) is 2.18. The van der Waals surface area contributed by atoms with Gasteiger partial charge in [0.15, 0.2) is 0 Å². The molecule has 1 rings (SSSR count). The van der Waals surface area contributed by atoms with Crippen molar-refractivity contribution in [1.29, 1.82) is 0 Å². The molecule has 5 nitrogen and oxygen atoms in total. The molecular formula is C8H13N3O2. The molecule has 0 amide bonds. The molecule has 5 heteroatoms. The van der Waals surface area contributed by atoms with Crippen LogP contribution in [0.2, 0.25) is 0 Å². The number of carbonyl (C=O) groups excluding carboxylic acids is 1. The van der Waals surface area contributed by atoms with E-state index in [9.17, 15) is 4.79 Å². The molecule has 72 valence electrons. The first-order valence-electron chi connectivity index (χ1n) is 4.40. The summed E-state index contributed by atoms with van der Waals surface area (Å²) >= 11 is 0. The van der Waals surface area contributed by atoms with Crippen LogP contribution in [0.4, 0.5) is 0 Å². The molecule has 0 radical (unpaired) electrons. The Labute approximate surface area is 76.7 Å². The third-order valence-electron chi connectivity index (χ3n) is 2.40. The maximum Gasteiger partial charge on any atom is 0.308 e. The number of esters is 1. The highest BCUT2D eigenvalue weighted by molar-refractivity contribution is 5.72. The number of nitrogens with zero attached hydrogens (tertiary/aromatic N) is 3. The van der Waals surface area contributed by atoms with Crippen molar-refractivity contribution in [2.45, 2.75) is 31.7 Å². The standard InChI is InChI=1S/C8H13N3O2/c1-13-8(12)6-3-2-4-7(5-6)10-11-9/h6-7H,2-5H2,1H3/t6-,7+/m1/s1. The van der Waals surface area contributed by atoms with Crippen molar-refractivity contribution in [3.05, 3.63) is 10.4 Å². The molecule has 0 spiro atoms. The number of hydrogen-bond donors (Lipinski definition) is 0. The Kier molecular flexibility index (Phi) is 3.58. The van der Waals surface area contributed by atoms with Crippen molar-refractivity contribution in [2.75, 3.05) is 7.11 Å². The lowest BCUT2D eigenvalue weighted by Gasteiger charge is -2.23. The highest BCUT2D eigenvalue weighted by Crippen LogP contribution is 2.27. The minimum atomic E-state index is -0.183. The normalized spacial score (nSPS) is 27.5. The lowest BCUT2D eigenvalue weighted by molar-refractivity contribution is -0.146. The Balaban J connectivity index is 2.50. The zero-order valence-electron chi connectivity index (χ0n) is 7.64. The summed E-state index contributed by atoms with van der Waals surface area (Å²) in [5.74, 6) is -0.257. The fourth-order valence-electron chi connectivity index (χ4n) is 1.72. The van der Waals surface area contributed by atoms with Gasteiger partial charge in [-0.05, 0) is 24.8 Å². The second-order valence-corrected chi connectivity index (χ2v) is 3.25. The second kappa shape index (κ2) is 4.72. The molecule has 13 heavy (non-hydrogen) atoms. The quantitative estimate of drug-likeness (QED) is 0.284. The zero-order valence-corrected chi connectivity index (χ0v) is 7.64. The number of azide groups is 1. The number of hydrogen-bond acceptors (Lipinski definition) is 3. The van der Waals surface area contributed by atoms with E-state index in [2.05, 4.69) is 14.8 Å². The molecule has 0 bridgehead atoms. The van der Waals surface area contributed by atoms with Crippen molar-refractivity contribution >= 4 is 5.97 Å². The van der Waals surface area contributed by atoms with Crippen molar-refractivity contribution in [2.24, 2.45) is 11.0 Å². The maximum atomic E-state index is 11.2. The summed E-state index contributed by atoms with van der Waals surface area (Å²) in [4.78, 5) is 13.9. The Bertz CT molecular complexity index is 236. The molecule has 1 aliphatic carbocycles. The van der Waals surface area contributed by atoms with Gasteiger partial charge in [-0.1, -0.05) is 11.5 Å². The smallest absolute Gasteiger partial charge is 0.308 e. The van der Waals surface area contributed by atoms with Crippen LogP contribution in [0, 0.1) is 5.92 Å². The Morgan fingerprint density at radius 2 is 2.38 bits per heavy atom. The molecule has 1 saturated carbocycles. The average molecular weight is 183 g/mol. The molecule has 2 atom stereocenters. The highest BCUT2D eigenvalue weighted by atomic mass is 16.5. The molecule has 0 N–H and O–H groups in total. The van der Waals surface area contributed by atoms with E-state index in [1.807, 2.05) is 0 Å². The fraction of sp³-hybridized carbons (Fsp3) is 0.875. The number of carbonyl (C=O) groups is 1. The van der Waals surface area contributed by atoms with E-state index in [4.69, 9.17) is 5.53 Å². The Morgan fingerprint density at radius 1 is 1.62 bits per heavy atom. The summed E-state index contributed by atoms with van der Waals surface area (Å²) in [6.07, 6.45) is 3.31. The summed E-state index contributed by atoms with van der Waals surface area (Å²) < 4.78 is 4.64. The van der Waals surface area contributed by atoms with E-state index in [0.29, 0.717) is 6.42 Å². The van der Waals surface area contributed by atoms with Crippen LogP contribution in [0.15, 0.2) is 5.11 Å². The first-order valence-corrected chi connectivity index (χ1v) is 4.40. The third-order valence-corrected chi connectivity index (χ3v) is 2.40. The van der Waals surface area contributed by atoms with Crippen LogP contribution < -0.4 is 0 Å². The van der Waals surface area contributed by atoms with Gasteiger partial charge in [0, 0.05) is 11.0 Å². The van der Waals surface area contributed by atoms with E-state index in [1.165, 1.54) is 7.11 Å². The fourth-order valence-corrected chi connectivity index (χ4v) is 1.72. The van der Waals surface area contributed by atoms with Crippen molar-refractivity contribution in [3.8, 4) is 0 Å². The van der Waals surface area contributed by atoms with Gasteiger partial charge in [0.05, 0.1) is 13.0 Å². The Hall–Kier alpha value is -1.22. The predicted octanol–water partition coefficient (Wildman–Crippen LogP) is 2.03. The number of rotatable bonds is 2. The van der Waals surface area contributed by atoms with Gasteiger partial charge >= 0.3 is 5.97 Å². The highest BCUT2D eigenvalue weighted by Gasteiger charge is 2.26. The van der Waals surface area contributed by atoms with E-state index in [1.54, 1.807) is 0 Å². The third kappa shape index (κ3) is 2.63. The zero-order chi connectivity index (χ0) is 9.68. The molecule has 0 aromatic rings. The summed E-state index contributed by atoms with van der Waals surface area (Å²) in [7, 11) is 1.39. The van der Waals surface area contributed by atoms with E-state index in [0.717, 1.165) is 19.3 Å². The van der Waals surface area contributed by atoms with Gasteiger partial charge < -0.3 is 4.74 Å². The molecule has 0 aromatic carbocycles. The van der Waals surface area contributed by atoms with Gasteiger partial charge in [-0.25, -0.2) is 0 Å². The molecule has 0 heterocycles.